The minimum absolute atomic E-state index is 0.00104. The van der Waals surface area contributed by atoms with Gasteiger partial charge in [-0.3, -0.25) is 9.59 Å². The van der Waals surface area contributed by atoms with Crippen LogP contribution in [0.5, 0.6) is 17.2 Å². The molecule has 8 nitrogen and oxygen atoms in total. The average molecular weight is 394 g/mol. The molecule has 28 heavy (non-hydrogen) atoms. The van der Waals surface area contributed by atoms with E-state index in [1.54, 1.807) is 26.0 Å². The largest absolute Gasteiger partial charge is 0.493 e. The van der Waals surface area contributed by atoms with Crippen molar-refractivity contribution in [2.75, 3.05) is 41.2 Å². The number of hydrogen-bond donors (Lipinski definition) is 0. The first-order valence-corrected chi connectivity index (χ1v) is 8.86. The van der Waals surface area contributed by atoms with Crippen LogP contribution in [0.3, 0.4) is 0 Å². The van der Waals surface area contributed by atoms with E-state index in [2.05, 4.69) is 6.58 Å². The van der Waals surface area contributed by atoms with Crippen molar-refractivity contribution in [3.8, 4) is 17.2 Å². The van der Waals surface area contributed by atoms with E-state index in [0.717, 1.165) is 0 Å². The second-order valence-corrected chi connectivity index (χ2v) is 6.00. The van der Waals surface area contributed by atoms with Crippen molar-refractivity contribution < 1.29 is 38.0 Å². The molecular formula is C20H26O8. The lowest BCUT2D eigenvalue weighted by Gasteiger charge is -2.30. The number of esters is 2. The van der Waals surface area contributed by atoms with Gasteiger partial charge in [0.1, 0.15) is 6.10 Å². The maximum Gasteiger partial charge on any atom is 0.330 e. The summed E-state index contributed by atoms with van der Waals surface area (Å²) in [6.07, 6.45) is -1.02. The van der Waals surface area contributed by atoms with Gasteiger partial charge in [0.05, 0.1) is 41.2 Å². The van der Waals surface area contributed by atoms with Crippen molar-refractivity contribution in [1.29, 1.82) is 0 Å². The molecule has 1 atom stereocenters. The van der Waals surface area contributed by atoms with Crippen LogP contribution in [0, 0.1) is 5.41 Å². The zero-order valence-electron chi connectivity index (χ0n) is 16.8. The van der Waals surface area contributed by atoms with Crippen LogP contribution in [0.4, 0.5) is 0 Å². The summed E-state index contributed by atoms with van der Waals surface area (Å²) in [6.45, 7) is 7.39. The summed E-state index contributed by atoms with van der Waals surface area (Å²) in [7, 11) is 4.42. The maximum atomic E-state index is 13.0. The summed E-state index contributed by atoms with van der Waals surface area (Å²) in [5, 5.41) is 0. The predicted octanol–water partition coefficient (Wildman–Crippen LogP) is 2.45. The molecule has 0 spiro atoms. The molecule has 0 amide bonds. The fourth-order valence-electron chi connectivity index (χ4n) is 3.28. The highest BCUT2D eigenvalue weighted by molar-refractivity contribution is 6.05. The Balaban J connectivity index is 2.69. The Bertz CT molecular complexity index is 712. The molecule has 1 aromatic rings. The molecule has 1 aliphatic rings. The molecule has 1 fully saturated rings. The van der Waals surface area contributed by atoms with Crippen LogP contribution >= 0.6 is 0 Å². The minimum atomic E-state index is -1.82. The third-order valence-electron chi connectivity index (χ3n) is 4.56. The Morgan fingerprint density at radius 1 is 1.04 bits per heavy atom. The molecule has 0 aliphatic carbocycles. The molecule has 154 valence electrons. The molecule has 1 saturated heterocycles. The molecule has 0 saturated carbocycles. The van der Waals surface area contributed by atoms with Crippen LogP contribution < -0.4 is 14.2 Å². The van der Waals surface area contributed by atoms with Gasteiger partial charge in [0.15, 0.2) is 11.5 Å². The Labute approximate surface area is 164 Å². The van der Waals surface area contributed by atoms with E-state index >= 15 is 0 Å². The van der Waals surface area contributed by atoms with E-state index in [9.17, 15) is 9.59 Å². The van der Waals surface area contributed by atoms with Gasteiger partial charge in [0.2, 0.25) is 11.2 Å². The van der Waals surface area contributed by atoms with Crippen LogP contribution in [0.15, 0.2) is 24.3 Å². The second-order valence-electron chi connectivity index (χ2n) is 6.00. The summed E-state index contributed by atoms with van der Waals surface area (Å²) < 4.78 is 32.3. The van der Waals surface area contributed by atoms with Gasteiger partial charge >= 0.3 is 11.9 Å². The molecule has 8 heteroatoms. The Kier molecular flexibility index (Phi) is 6.90. The number of rotatable bonds is 8. The lowest BCUT2D eigenvalue weighted by Crippen LogP contribution is -2.45. The van der Waals surface area contributed by atoms with Gasteiger partial charge in [0, 0.05) is 0 Å². The predicted molar refractivity (Wildman–Crippen MR) is 99.6 cm³/mol. The maximum absolute atomic E-state index is 13.0. The minimum Gasteiger partial charge on any atom is -0.493 e. The molecule has 1 aliphatic heterocycles. The SMILES string of the molecule is C=C1CO[C@H](c2cc(OC)c(OC)c(OC)c2)C1(C(=O)OCC)C(=O)OCC. The Morgan fingerprint density at radius 3 is 1.93 bits per heavy atom. The number of carbonyl (C=O) groups excluding carboxylic acids is 2. The van der Waals surface area contributed by atoms with Gasteiger partial charge in [-0.2, -0.15) is 0 Å². The van der Waals surface area contributed by atoms with Gasteiger partial charge in [0.25, 0.3) is 0 Å². The van der Waals surface area contributed by atoms with Crippen molar-refractivity contribution in [1.82, 2.24) is 0 Å². The number of hydrogen-bond acceptors (Lipinski definition) is 8. The van der Waals surface area contributed by atoms with Crippen LogP contribution in [-0.2, 0) is 23.8 Å². The summed E-state index contributed by atoms with van der Waals surface area (Å²) in [4.78, 5) is 25.9. The second kappa shape index (κ2) is 8.97. The van der Waals surface area contributed by atoms with Crippen molar-refractivity contribution in [2.45, 2.75) is 20.0 Å². The Morgan fingerprint density at radius 2 is 1.54 bits per heavy atom. The molecule has 2 rings (SSSR count). The summed E-state index contributed by atoms with van der Waals surface area (Å²) in [5.74, 6) is -0.438. The summed E-state index contributed by atoms with van der Waals surface area (Å²) in [5.41, 5.74) is -1.09. The number of carbonyl (C=O) groups is 2. The van der Waals surface area contributed by atoms with Crippen LogP contribution in [0.1, 0.15) is 25.5 Å². The monoisotopic (exact) mass is 394 g/mol. The quantitative estimate of drug-likeness (QED) is 0.377. The smallest absolute Gasteiger partial charge is 0.330 e. The zero-order chi connectivity index (χ0) is 20.9. The molecule has 0 radical (unpaired) electrons. The summed E-state index contributed by atoms with van der Waals surface area (Å²) in [6, 6.07) is 3.25. The average Bonchev–Trinajstić information content (AvgIpc) is 3.05. The van der Waals surface area contributed by atoms with E-state index in [-0.39, 0.29) is 25.4 Å². The lowest BCUT2D eigenvalue weighted by atomic mass is 9.75. The van der Waals surface area contributed by atoms with Crippen molar-refractivity contribution in [3.05, 3.63) is 29.8 Å². The molecule has 0 unspecified atom stereocenters. The molecule has 1 aromatic carbocycles. The molecule has 1 heterocycles. The van der Waals surface area contributed by atoms with Gasteiger partial charge in [-0.05, 0) is 37.1 Å². The van der Waals surface area contributed by atoms with Crippen molar-refractivity contribution in [2.24, 2.45) is 5.41 Å². The van der Waals surface area contributed by atoms with E-state index in [1.807, 2.05) is 0 Å². The summed E-state index contributed by atoms with van der Waals surface area (Å²) >= 11 is 0. The first kappa shape index (κ1) is 21.6. The van der Waals surface area contributed by atoms with E-state index < -0.39 is 23.5 Å². The highest BCUT2D eigenvalue weighted by Gasteiger charge is 2.62. The standard InChI is InChI=1S/C20H26O8/c1-7-26-18(21)20(19(22)27-8-2)12(3)11-28-17(20)13-9-14(23-4)16(25-6)15(10-13)24-5/h9-10,17H,3,7-8,11H2,1-2,4-6H3/t17-/m1/s1. The zero-order valence-corrected chi connectivity index (χ0v) is 16.8. The van der Waals surface area contributed by atoms with Crippen molar-refractivity contribution >= 4 is 11.9 Å². The lowest BCUT2D eigenvalue weighted by molar-refractivity contribution is -0.174. The van der Waals surface area contributed by atoms with Crippen molar-refractivity contribution in [3.63, 3.8) is 0 Å². The Hall–Kier alpha value is -2.74. The van der Waals surface area contributed by atoms with E-state index in [1.165, 1.54) is 21.3 Å². The third-order valence-corrected chi connectivity index (χ3v) is 4.56. The molecule has 0 N–H and O–H groups in total. The van der Waals surface area contributed by atoms with Gasteiger partial charge in [-0.1, -0.05) is 6.58 Å². The number of methoxy groups -OCH3 is 3. The number of ether oxygens (including phenoxy) is 6. The van der Waals surface area contributed by atoms with Gasteiger partial charge in [-0.25, -0.2) is 0 Å². The molecule has 0 bridgehead atoms. The fraction of sp³-hybridized carbons (Fsp3) is 0.500. The fourth-order valence-corrected chi connectivity index (χ4v) is 3.28. The first-order valence-electron chi connectivity index (χ1n) is 8.86. The van der Waals surface area contributed by atoms with Crippen LogP contribution in [0.25, 0.3) is 0 Å². The molecule has 0 aromatic heterocycles. The van der Waals surface area contributed by atoms with Crippen LogP contribution in [0.2, 0.25) is 0 Å². The number of benzene rings is 1. The first-order chi connectivity index (χ1) is 13.4. The third kappa shape index (κ3) is 3.40. The molecular weight excluding hydrogens is 368 g/mol. The van der Waals surface area contributed by atoms with E-state index in [4.69, 9.17) is 28.4 Å². The van der Waals surface area contributed by atoms with Crippen LogP contribution in [-0.4, -0.2) is 53.1 Å². The van der Waals surface area contributed by atoms with Gasteiger partial charge in [-0.15, -0.1) is 0 Å². The highest BCUT2D eigenvalue weighted by atomic mass is 16.6. The highest BCUT2D eigenvalue weighted by Crippen LogP contribution is 2.52. The van der Waals surface area contributed by atoms with E-state index in [0.29, 0.717) is 22.8 Å². The van der Waals surface area contributed by atoms with Gasteiger partial charge < -0.3 is 28.4 Å². The topological polar surface area (TPSA) is 89.5 Å². The normalized spacial score (nSPS) is 17.8.